The van der Waals surface area contributed by atoms with Crippen LogP contribution in [0.5, 0.6) is 0 Å². The number of ketones is 1. The number of aryl methyl sites for hydroxylation is 1. The number of nitrogens with one attached hydrogen (secondary N) is 2. The van der Waals surface area contributed by atoms with Crippen molar-refractivity contribution in [3.05, 3.63) is 75.3 Å². The van der Waals surface area contributed by atoms with Crippen LogP contribution in [0.3, 0.4) is 0 Å². The van der Waals surface area contributed by atoms with Crippen molar-refractivity contribution in [1.29, 1.82) is 0 Å². The van der Waals surface area contributed by atoms with Gasteiger partial charge in [-0.05, 0) is 55.1 Å². The van der Waals surface area contributed by atoms with Gasteiger partial charge in [0.25, 0.3) is 11.5 Å². The summed E-state index contributed by atoms with van der Waals surface area (Å²) >= 11 is 0. The predicted molar refractivity (Wildman–Crippen MR) is 93.7 cm³/mol. The Bertz CT molecular complexity index is 1070. The highest BCUT2D eigenvalue weighted by molar-refractivity contribution is 6.06. The maximum absolute atomic E-state index is 13.2. The highest BCUT2D eigenvalue weighted by Crippen LogP contribution is 2.19. The molecule has 25 heavy (non-hydrogen) atoms. The number of amides is 1. The molecule has 0 radical (unpaired) electrons. The van der Waals surface area contributed by atoms with E-state index in [9.17, 15) is 18.8 Å². The molecule has 3 rings (SSSR count). The van der Waals surface area contributed by atoms with Crippen LogP contribution in [-0.2, 0) is 0 Å². The molecule has 5 nitrogen and oxygen atoms in total. The standard InChI is InChI=1S/C19H15FN2O3/c1-10-3-4-12(11(2)23)8-16(10)21-18(24)15-7-13-5-6-14(20)9-17(13)22-19(15)25/h3-9H,1-2H3,(H,21,24)(H,22,25). The number of halogens is 1. The van der Waals surface area contributed by atoms with Crippen molar-refractivity contribution >= 4 is 28.3 Å². The van der Waals surface area contributed by atoms with E-state index >= 15 is 0 Å². The van der Waals surface area contributed by atoms with Crippen molar-refractivity contribution in [2.24, 2.45) is 0 Å². The molecule has 126 valence electrons. The second-order valence-electron chi connectivity index (χ2n) is 5.78. The molecule has 0 bridgehead atoms. The van der Waals surface area contributed by atoms with E-state index in [1.807, 2.05) is 0 Å². The van der Waals surface area contributed by atoms with Crippen molar-refractivity contribution in [3.8, 4) is 0 Å². The number of anilines is 1. The van der Waals surface area contributed by atoms with E-state index in [0.29, 0.717) is 22.2 Å². The van der Waals surface area contributed by atoms with Gasteiger partial charge in [-0.25, -0.2) is 4.39 Å². The van der Waals surface area contributed by atoms with Gasteiger partial charge in [-0.1, -0.05) is 12.1 Å². The van der Waals surface area contributed by atoms with Gasteiger partial charge >= 0.3 is 0 Å². The summed E-state index contributed by atoms with van der Waals surface area (Å²) in [7, 11) is 0. The number of fused-ring (bicyclic) bond motifs is 1. The Morgan fingerprint density at radius 1 is 1.08 bits per heavy atom. The van der Waals surface area contributed by atoms with Crippen LogP contribution in [0, 0.1) is 12.7 Å². The lowest BCUT2D eigenvalue weighted by atomic mass is 10.1. The summed E-state index contributed by atoms with van der Waals surface area (Å²) in [6, 6.07) is 10.3. The van der Waals surface area contributed by atoms with E-state index in [0.717, 1.165) is 5.56 Å². The molecule has 3 aromatic rings. The van der Waals surface area contributed by atoms with Crippen molar-refractivity contribution in [3.63, 3.8) is 0 Å². The summed E-state index contributed by atoms with van der Waals surface area (Å²) < 4.78 is 13.2. The first-order valence-corrected chi connectivity index (χ1v) is 7.60. The Morgan fingerprint density at radius 2 is 1.84 bits per heavy atom. The van der Waals surface area contributed by atoms with Gasteiger partial charge in [0.15, 0.2) is 5.78 Å². The Kier molecular flexibility index (Phi) is 4.19. The minimum absolute atomic E-state index is 0.0910. The Balaban J connectivity index is 1.99. The molecule has 1 aromatic heterocycles. The second-order valence-corrected chi connectivity index (χ2v) is 5.78. The van der Waals surface area contributed by atoms with E-state index in [4.69, 9.17) is 0 Å². The average molecular weight is 338 g/mol. The number of rotatable bonds is 3. The second kappa shape index (κ2) is 6.32. The SMILES string of the molecule is CC(=O)c1ccc(C)c(NC(=O)c2cc3ccc(F)cc3[nH]c2=O)c1. The summed E-state index contributed by atoms with van der Waals surface area (Å²) in [6.45, 7) is 3.22. The normalized spacial score (nSPS) is 10.7. The Labute approximate surface area is 142 Å². The third kappa shape index (κ3) is 3.33. The largest absolute Gasteiger partial charge is 0.322 e. The molecule has 0 saturated carbocycles. The fourth-order valence-electron chi connectivity index (χ4n) is 2.51. The fourth-order valence-corrected chi connectivity index (χ4v) is 2.51. The first-order chi connectivity index (χ1) is 11.8. The molecule has 2 N–H and O–H groups in total. The van der Waals surface area contributed by atoms with Crippen LogP contribution in [0.4, 0.5) is 10.1 Å². The minimum atomic E-state index is -0.615. The number of carbonyl (C=O) groups excluding carboxylic acids is 2. The fraction of sp³-hybridized carbons (Fsp3) is 0.105. The summed E-state index contributed by atoms with van der Waals surface area (Å²) in [5.74, 6) is -1.20. The molecule has 2 aromatic carbocycles. The lowest BCUT2D eigenvalue weighted by Gasteiger charge is -2.10. The Morgan fingerprint density at radius 3 is 2.56 bits per heavy atom. The lowest BCUT2D eigenvalue weighted by molar-refractivity contribution is 0.101. The monoisotopic (exact) mass is 338 g/mol. The van der Waals surface area contributed by atoms with Crippen LogP contribution in [0.1, 0.15) is 33.2 Å². The number of H-pyrrole nitrogens is 1. The van der Waals surface area contributed by atoms with Crippen molar-refractivity contribution < 1.29 is 14.0 Å². The number of carbonyl (C=O) groups is 2. The van der Waals surface area contributed by atoms with Gasteiger partial charge in [0.1, 0.15) is 11.4 Å². The summed E-state index contributed by atoms with van der Waals surface area (Å²) in [6.07, 6.45) is 0. The molecule has 6 heteroatoms. The number of hydrogen-bond acceptors (Lipinski definition) is 3. The Hall–Kier alpha value is -3.28. The third-order valence-corrected chi connectivity index (χ3v) is 3.94. The van der Waals surface area contributed by atoms with E-state index in [-0.39, 0.29) is 11.3 Å². The number of pyridine rings is 1. The van der Waals surface area contributed by atoms with Gasteiger partial charge in [0, 0.05) is 11.3 Å². The quantitative estimate of drug-likeness (QED) is 0.718. The van der Waals surface area contributed by atoms with Crippen molar-refractivity contribution in [2.45, 2.75) is 13.8 Å². The van der Waals surface area contributed by atoms with Crippen molar-refractivity contribution in [2.75, 3.05) is 5.32 Å². The molecule has 0 fully saturated rings. The zero-order valence-electron chi connectivity index (χ0n) is 13.6. The molecule has 0 spiro atoms. The van der Waals surface area contributed by atoms with E-state index in [1.54, 1.807) is 25.1 Å². The molecular weight excluding hydrogens is 323 g/mol. The maximum Gasteiger partial charge on any atom is 0.261 e. The molecule has 0 aliphatic carbocycles. The number of hydrogen-bond donors (Lipinski definition) is 2. The van der Waals surface area contributed by atoms with Crippen LogP contribution >= 0.6 is 0 Å². The molecule has 0 saturated heterocycles. The van der Waals surface area contributed by atoms with Gasteiger partial charge in [0.05, 0.1) is 5.52 Å². The van der Waals surface area contributed by atoms with E-state index in [1.165, 1.54) is 31.2 Å². The van der Waals surface area contributed by atoms with Gasteiger partial charge in [0.2, 0.25) is 0 Å². The van der Waals surface area contributed by atoms with Gasteiger partial charge in [-0.2, -0.15) is 0 Å². The molecule has 1 amide bonds. The zero-order chi connectivity index (χ0) is 18.1. The molecule has 0 atom stereocenters. The van der Waals surface area contributed by atoms with Crippen LogP contribution in [0.2, 0.25) is 0 Å². The van der Waals surface area contributed by atoms with E-state index < -0.39 is 17.3 Å². The summed E-state index contributed by atoms with van der Waals surface area (Å²) in [5.41, 5.74) is 1.29. The smallest absolute Gasteiger partial charge is 0.261 e. The molecule has 0 aliphatic heterocycles. The number of benzene rings is 2. The third-order valence-electron chi connectivity index (χ3n) is 3.94. The minimum Gasteiger partial charge on any atom is -0.322 e. The molecule has 0 aliphatic rings. The highest BCUT2D eigenvalue weighted by Gasteiger charge is 2.14. The molecular formula is C19H15FN2O3. The predicted octanol–water partition coefficient (Wildman–Crippen LogP) is 3.43. The van der Waals surface area contributed by atoms with Crippen LogP contribution < -0.4 is 10.9 Å². The first kappa shape index (κ1) is 16.6. The van der Waals surface area contributed by atoms with Gasteiger partial charge in [-0.3, -0.25) is 14.4 Å². The van der Waals surface area contributed by atoms with Gasteiger partial charge in [-0.15, -0.1) is 0 Å². The maximum atomic E-state index is 13.2. The first-order valence-electron chi connectivity index (χ1n) is 7.60. The molecule has 1 heterocycles. The number of aromatic nitrogens is 1. The van der Waals surface area contributed by atoms with Crippen molar-refractivity contribution in [1.82, 2.24) is 4.98 Å². The zero-order valence-corrected chi connectivity index (χ0v) is 13.6. The average Bonchev–Trinajstić information content (AvgIpc) is 2.55. The van der Waals surface area contributed by atoms with Crippen LogP contribution in [0.15, 0.2) is 47.3 Å². The number of aromatic amines is 1. The van der Waals surface area contributed by atoms with Crippen LogP contribution in [-0.4, -0.2) is 16.7 Å². The van der Waals surface area contributed by atoms with Crippen LogP contribution in [0.25, 0.3) is 10.9 Å². The summed E-state index contributed by atoms with van der Waals surface area (Å²) in [5, 5.41) is 3.20. The lowest BCUT2D eigenvalue weighted by Crippen LogP contribution is -2.23. The van der Waals surface area contributed by atoms with E-state index in [2.05, 4.69) is 10.3 Å². The number of Topliss-reactive ketones (excluding diaryl/α,β-unsaturated/α-hetero) is 1. The highest BCUT2D eigenvalue weighted by atomic mass is 19.1. The molecule has 0 unspecified atom stereocenters. The summed E-state index contributed by atoms with van der Waals surface area (Å²) in [4.78, 5) is 38.6. The topological polar surface area (TPSA) is 79.0 Å². The van der Waals surface area contributed by atoms with Gasteiger partial charge < -0.3 is 10.3 Å².